The van der Waals surface area contributed by atoms with Gasteiger partial charge in [-0.3, -0.25) is 4.57 Å². The first kappa shape index (κ1) is 19.0. The van der Waals surface area contributed by atoms with Gasteiger partial charge >= 0.3 is 7.60 Å². The second kappa shape index (κ2) is 7.68. The average molecular weight is 354 g/mol. The Morgan fingerprint density at radius 1 is 1.29 bits per heavy atom. The van der Waals surface area contributed by atoms with Crippen LogP contribution in [0.5, 0.6) is 0 Å². The summed E-state index contributed by atoms with van der Waals surface area (Å²) in [7, 11) is -1.50. The van der Waals surface area contributed by atoms with Crippen molar-refractivity contribution in [1.29, 1.82) is 0 Å². The van der Waals surface area contributed by atoms with E-state index in [4.69, 9.17) is 13.5 Å². The third-order valence-corrected chi connectivity index (χ3v) is 5.88. The Bertz CT molecular complexity index is 723. The molecule has 0 aliphatic rings. The topological polar surface area (TPSA) is 66.5 Å². The minimum Gasteiger partial charge on any atom is -0.462 e. The Hall–Kier alpha value is -1.36. The maximum Gasteiger partial charge on any atom is 0.365 e. The van der Waals surface area contributed by atoms with E-state index in [1.54, 1.807) is 19.9 Å². The van der Waals surface area contributed by atoms with Crippen LogP contribution in [0.3, 0.4) is 0 Å². The van der Waals surface area contributed by atoms with Crippen LogP contribution in [0.15, 0.2) is 16.7 Å². The molecule has 7 heteroatoms. The predicted octanol–water partition coefficient (Wildman–Crippen LogP) is 4.08. The van der Waals surface area contributed by atoms with Crippen molar-refractivity contribution >= 4 is 12.9 Å². The smallest absolute Gasteiger partial charge is 0.365 e. The molecule has 134 valence electrons. The lowest BCUT2D eigenvalue weighted by molar-refractivity contribution is 0.230. The van der Waals surface area contributed by atoms with Gasteiger partial charge in [-0.25, -0.2) is 4.98 Å². The molecule has 24 heavy (non-hydrogen) atoms. The fraction of sp³-hybridized carbons (Fsp3) is 0.588. The van der Waals surface area contributed by atoms with Gasteiger partial charge in [0.1, 0.15) is 16.8 Å². The minimum atomic E-state index is -3.43. The molecular weight excluding hydrogens is 327 g/mol. The normalized spacial score (nSPS) is 12.3. The number of rotatable bonds is 8. The van der Waals surface area contributed by atoms with Crippen molar-refractivity contribution in [2.75, 3.05) is 13.2 Å². The van der Waals surface area contributed by atoms with E-state index in [0.29, 0.717) is 30.2 Å². The average Bonchev–Trinajstić information content (AvgIpc) is 3.05. The Morgan fingerprint density at radius 3 is 2.46 bits per heavy atom. The van der Waals surface area contributed by atoms with Crippen LogP contribution in [0.1, 0.15) is 39.2 Å². The molecule has 0 saturated carbocycles. The molecule has 0 aromatic carbocycles. The second-order valence-corrected chi connectivity index (χ2v) is 8.07. The van der Waals surface area contributed by atoms with Crippen molar-refractivity contribution in [3.8, 4) is 11.5 Å². The van der Waals surface area contributed by atoms with Gasteiger partial charge in [-0.1, -0.05) is 13.8 Å². The zero-order valence-corrected chi connectivity index (χ0v) is 16.2. The number of aryl methyl sites for hydroxylation is 1. The molecule has 0 radical (unpaired) electrons. The monoisotopic (exact) mass is 354 g/mol. The van der Waals surface area contributed by atoms with E-state index < -0.39 is 7.60 Å². The molecular formula is C17H27N2O4P. The number of furan rings is 1. The molecule has 0 aliphatic heterocycles. The highest BCUT2D eigenvalue weighted by Gasteiger charge is 2.34. The van der Waals surface area contributed by atoms with Crippen LogP contribution in [-0.2, 0) is 27.1 Å². The quantitative estimate of drug-likeness (QED) is 0.668. The van der Waals surface area contributed by atoms with Gasteiger partial charge in [0.25, 0.3) is 0 Å². The van der Waals surface area contributed by atoms with Crippen LogP contribution in [-0.4, -0.2) is 22.8 Å². The van der Waals surface area contributed by atoms with Crippen molar-refractivity contribution in [2.24, 2.45) is 13.0 Å². The van der Waals surface area contributed by atoms with E-state index in [2.05, 4.69) is 18.8 Å². The van der Waals surface area contributed by atoms with E-state index in [1.807, 2.05) is 18.5 Å². The fourth-order valence-electron chi connectivity index (χ4n) is 2.70. The highest BCUT2D eigenvalue weighted by atomic mass is 31.2. The molecule has 2 aromatic rings. The van der Waals surface area contributed by atoms with Gasteiger partial charge in [0.15, 0.2) is 5.76 Å². The fourth-order valence-corrected chi connectivity index (χ4v) is 4.39. The molecule has 2 aromatic heterocycles. The highest BCUT2D eigenvalue weighted by molar-refractivity contribution is 7.62. The van der Waals surface area contributed by atoms with Crippen LogP contribution in [0.25, 0.3) is 11.5 Å². The first-order valence-corrected chi connectivity index (χ1v) is 9.88. The van der Waals surface area contributed by atoms with Crippen molar-refractivity contribution in [3.05, 3.63) is 23.8 Å². The molecule has 0 N–H and O–H groups in total. The van der Waals surface area contributed by atoms with Crippen LogP contribution < -0.4 is 5.30 Å². The predicted molar refractivity (Wildman–Crippen MR) is 94.7 cm³/mol. The third-order valence-electron chi connectivity index (χ3n) is 3.75. The highest BCUT2D eigenvalue weighted by Crippen LogP contribution is 2.49. The van der Waals surface area contributed by atoms with Crippen molar-refractivity contribution in [1.82, 2.24) is 9.55 Å². The van der Waals surface area contributed by atoms with Gasteiger partial charge in [-0.2, -0.15) is 0 Å². The lowest BCUT2D eigenvalue weighted by Crippen LogP contribution is -2.13. The number of aromatic nitrogens is 2. The van der Waals surface area contributed by atoms with Gasteiger partial charge in [0.2, 0.25) is 0 Å². The van der Waals surface area contributed by atoms with E-state index in [9.17, 15) is 4.57 Å². The lowest BCUT2D eigenvalue weighted by atomic mass is 10.1. The molecule has 0 unspecified atom stereocenters. The molecule has 0 amide bonds. The Balaban J connectivity index is 2.60. The largest absolute Gasteiger partial charge is 0.462 e. The summed E-state index contributed by atoms with van der Waals surface area (Å²) < 4.78 is 31.8. The number of hydrogen-bond acceptors (Lipinski definition) is 5. The van der Waals surface area contributed by atoms with E-state index >= 15 is 0 Å². The van der Waals surface area contributed by atoms with Gasteiger partial charge in [-0.15, -0.1) is 0 Å². The van der Waals surface area contributed by atoms with E-state index in [0.717, 1.165) is 23.6 Å². The molecule has 0 atom stereocenters. The second-order valence-electron chi connectivity index (χ2n) is 6.08. The maximum atomic E-state index is 13.2. The number of imidazole rings is 1. The maximum absolute atomic E-state index is 13.2. The summed E-state index contributed by atoms with van der Waals surface area (Å²) in [5.74, 6) is 1.84. The van der Waals surface area contributed by atoms with Crippen LogP contribution >= 0.6 is 7.60 Å². The summed E-state index contributed by atoms with van der Waals surface area (Å²) in [6, 6.07) is 1.67. The van der Waals surface area contributed by atoms with Crippen molar-refractivity contribution in [2.45, 2.75) is 41.0 Å². The van der Waals surface area contributed by atoms with Crippen LogP contribution in [0.4, 0.5) is 0 Å². The van der Waals surface area contributed by atoms with E-state index in [1.165, 1.54) is 6.26 Å². The molecule has 2 rings (SSSR count). The van der Waals surface area contributed by atoms with Gasteiger partial charge < -0.3 is 18.0 Å². The first-order chi connectivity index (χ1) is 11.3. The molecule has 0 aliphatic carbocycles. The molecule has 6 nitrogen and oxygen atoms in total. The Morgan fingerprint density at radius 2 is 1.92 bits per heavy atom. The first-order valence-electron chi connectivity index (χ1n) is 8.33. The van der Waals surface area contributed by atoms with Crippen LogP contribution in [0, 0.1) is 12.8 Å². The standard InChI is InChI=1S/C17H27N2O4P/c1-7-22-24(20,23-8-2)15-9-10-21-17(15)16-14(11-12(3)4)18-13(5)19(16)6/h9-10,12H,7-8,11H2,1-6H3. The molecule has 0 saturated heterocycles. The summed E-state index contributed by atoms with van der Waals surface area (Å²) in [6.45, 7) is 10.4. The summed E-state index contributed by atoms with van der Waals surface area (Å²) in [4.78, 5) is 4.65. The summed E-state index contributed by atoms with van der Waals surface area (Å²) in [5, 5.41) is 0.458. The summed E-state index contributed by atoms with van der Waals surface area (Å²) in [5.41, 5.74) is 1.77. The Kier molecular flexibility index (Phi) is 6.07. The zero-order chi connectivity index (χ0) is 17.9. The SMILES string of the molecule is CCOP(=O)(OCC)c1ccoc1-c1c(CC(C)C)nc(C)n1C. The molecule has 0 spiro atoms. The van der Waals surface area contributed by atoms with Crippen LogP contribution in [0.2, 0.25) is 0 Å². The summed E-state index contributed by atoms with van der Waals surface area (Å²) >= 11 is 0. The van der Waals surface area contributed by atoms with E-state index in [-0.39, 0.29) is 0 Å². The van der Waals surface area contributed by atoms with Gasteiger partial charge in [0, 0.05) is 7.05 Å². The molecule has 0 fully saturated rings. The zero-order valence-electron chi connectivity index (χ0n) is 15.3. The van der Waals surface area contributed by atoms with Crippen molar-refractivity contribution < 1.29 is 18.0 Å². The minimum absolute atomic E-state index is 0.297. The number of hydrogen-bond donors (Lipinski definition) is 0. The lowest BCUT2D eigenvalue weighted by Gasteiger charge is -2.17. The Labute approximate surface area is 143 Å². The third kappa shape index (κ3) is 3.66. The number of nitrogens with zero attached hydrogens (tertiary/aromatic N) is 2. The molecule has 2 heterocycles. The summed E-state index contributed by atoms with van der Waals surface area (Å²) in [6.07, 6.45) is 2.33. The van der Waals surface area contributed by atoms with Gasteiger partial charge in [-0.05, 0) is 39.2 Å². The molecule has 0 bridgehead atoms. The van der Waals surface area contributed by atoms with Gasteiger partial charge in [0.05, 0.1) is 25.2 Å². The van der Waals surface area contributed by atoms with Crippen molar-refractivity contribution in [3.63, 3.8) is 0 Å².